The van der Waals surface area contributed by atoms with Crippen LogP contribution in [0.3, 0.4) is 0 Å². The Kier molecular flexibility index (Phi) is 3.41. The molecule has 1 aromatic rings. The SMILES string of the molecule is CC(C)Oc1cc(C(=O)NN)ccn1. The number of hydrogen-bond acceptors (Lipinski definition) is 4. The minimum absolute atomic E-state index is 0.0266. The average molecular weight is 195 g/mol. The van der Waals surface area contributed by atoms with Gasteiger partial charge in [0.25, 0.3) is 5.91 Å². The molecule has 0 radical (unpaired) electrons. The quantitative estimate of drug-likeness (QED) is 0.417. The Morgan fingerprint density at radius 3 is 2.93 bits per heavy atom. The first-order valence-electron chi connectivity index (χ1n) is 4.27. The summed E-state index contributed by atoms with van der Waals surface area (Å²) in [4.78, 5) is 15.1. The molecule has 1 aromatic heterocycles. The number of pyridine rings is 1. The Morgan fingerprint density at radius 2 is 2.36 bits per heavy atom. The van der Waals surface area contributed by atoms with Crippen LogP contribution in [0, 0.1) is 0 Å². The van der Waals surface area contributed by atoms with Crippen LogP contribution in [0.1, 0.15) is 24.2 Å². The molecule has 0 saturated heterocycles. The van der Waals surface area contributed by atoms with Crippen molar-refractivity contribution in [2.24, 2.45) is 5.84 Å². The summed E-state index contributed by atoms with van der Waals surface area (Å²) in [5.41, 5.74) is 2.47. The molecule has 0 aliphatic rings. The van der Waals surface area contributed by atoms with E-state index < -0.39 is 0 Å². The molecular formula is C9H13N3O2. The maximum absolute atomic E-state index is 11.1. The van der Waals surface area contributed by atoms with Crippen LogP contribution >= 0.6 is 0 Å². The Morgan fingerprint density at radius 1 is 1.64 bits per heavy atom. The van der Waals surface area contributed by atoms with E-state index in [1.165, 1.54) is 6.20 Å². The first-order chi connectivity index (χ1) is 6.63. The number of hydrazine groups is 1. The Bertz CT molecular complexity index is 326. The van der Waals surface area contributed by atoms with E-state index in [2.05, 4.69) is 4.98 Å². The second-order valence-corrected chi connectivity index (χ2v) is 3.02. The zero-order valence-electron chi connectivity index (χ0n) is 8.15. The molecule has 5 nitrogen and oxygen atoms in total. The summed E-state index contributed by atoms with van der Waals surface area (Å²) in [6, 6.07) is 3.11. The van der Waals surface area contributed by atoms with Crippen LogP contribution in [0.15, 0.2) is 18.3 Å². The van der Waals surface area contributed by atoms with Gasteiger partial charge in [-0.3, -0.25) is 10.2 Å². The fourth-order valence-corrected chi connectivity index (χ4v) is 0.940. The number of rotatable bonds is 3. The minimum Gasteiger partial charge on any atom is -0.475 e. The average Bonchev–Trinajstić information content (AvgIpc) is 2.16. The number of ether oxygens (including phenoxy) is 1. The van der Waals surface area contributed by atoms with E-state index >= 15 is 0 Å². The van der Waals surface area contributed by atoms with Gasteiger partial charge in [0.15, 0.2) is 0 Å². The predicted octanol–water partition coefficient (Wildman–Crippen LogP) is 0.472. The molecule has 0 saturated carbocycles. The summed E-state index contributed by atoms with van der Waals surface area (Å²) in [6.45, 7) is 3.77. The van der Waals surface area contributed by atoms with E-state index in [0.29, 0.717) is 11.4 Å². The summed E-state index contributed by atoms with van der Waals surface area (Å²) in [7, 11) is 0. The van der Waals surface area contributed by atoms with E-state index in [4.69, 9.17) is 10.6 Å². The molecule has 0 aromatic carbocycles. The second-order valence-electron chi connectivity index (χ2n) is 3.02. The van der Waals surface area contributed by atoms with E-state index in [1.54, 1.807) is 12.1 Å². The van der Waals surface area contributed by atoms with E-state index in [1.807, 2.05) is 19.3 Å². The third-order valence-corrected chi connectivity index (χ3v) is 1.48. The van der Waals surface area contributed by atoms with E-state index in [9.17, 15) is 4.79 Å². The molecule has 3 N–H and O–H groups in total. The van der Waals surface area contributed by atoms with Gasteiger partial charge < -0.3 is 4.74 Å². The van der Waals surface area contributed by atoms with Crippen molar-refractivity contribution in [2.45, 2.75) is 20.0 Å². The maximum Gasteiger partial charge on any atom is 0.265 e. The van der Waals surface area contributed by atoms with Gasteiger partial charge in [0.05, 0.1) is 6.10 Å². The fourth-order valence-electron chi connectivity index (χ4n) is 0.940. The molecule has 5 heteroatoms. The van der Waals surface area contributed by atoms with Crippen molar-refractivity contribution in [3.63, 3.8) is 0 Å². The van der Waals surface area contributed by atoms with Crippen molar-refractivity contribution in [1.82, 2.24) is 10.4 Å². The van der Waals surface area contributed by atoms with Gasteiger partial charge in [-0.2, -0.15) is 0 Å². The van der Waals surface area contributed by atoms with Crippen LogP contribution in [-0.2, 0) is 0 Å². The summed E-state index contributed by atoms with van der Waals surface area (Å²) in [5, 5.41) is 0. The zero-order valence-corrected chi connectivity index (χ0v) is 8.15. The van der Waals surface area contributed by atoms with E-state index in [0.717, 1.165) is 0 Å². The molecule has 0 bridgehead atoms. The van der Waals surface area contributed by atoms with Crippen molar-refractivity contribution in [1.29, 1.82) is 0 Å². The number of nitrogens with two attached hydrogens (primary N) is 1. The molecule has 0 atom stereocenters. The molecule has 14 heavy (non-hydrogen) atoms. The van der Waals surface area contributed by atoms with Gasteiger partial charge in [0, 0.05) is 17.8 Å². The summed E-state index contributed by atoms with van der Waals surface area (Å²) in [5.74, 6) is 5.05. The van der Waals surface area contributed by atoms with Gasteiger partial charge in [-0.25, -0.2) is 10.8 Å². The van der Waals surface area contributed by atoms with Crippen LogP contribution in [0.4, 0.5) is 0 Å². The minimum atomic E-state index is -0.360. The van der Waals surface area contributed by atoms with Crippen molar-refractivity contribution in [2.75, 3.05) is 0 Å². The highest BCUT2D eigenvalue weighted by Gasteiger charge is 2.06. The largest absolute Gasteiger partial charge is 0.475 e. The fraction of sp³-hybridized carbons (Fsp3) is 0.333. The van der Waals surface area contributed by atoms with Crippen LogP contribution in [0.2, 0.25) is 0 Å². The maximum atomic E-state index is 11.1. The number of nitrogens with one attached hydrogen (secondary N) is 1. The highest BCUT2D eigenvalue weighted by molar-refractivity contribution is 5.93. The smallest absolute Gasteiger partial charge is 0.265 e. The summed E-state index contributed by atoms with van der Waals surface area (Å²) >= 11 is 0. The number of amides is 1. The van der Waals surface area contributed by atoms with Crippen molar-refractivity contribution < 1.29 is 9.53 Å². The lowest BCUT2D eigenvalue weighted by atomic mass is 10.2. The molecule has 0 aliphatic carbocycles. The molecule has 0 spiro atoms. The number of nitrogens with zero attached hydrogens (tertiary/aromatic N) is 1. The zero-order chi connectivity index (χ0) is 10.6. The number of nitrogen functional groups attached to an aromatic ring is 1. The van der Waals surface area contributed by atoms with Crippen LogP contribution < -0.4 is 16.0 Å². The van der Waals surface area contributed by atoms with Crippen LogP contribution in [0.25, 0.3) is 0 Å². The van der Waals surface area contributed by atoms with Crippen molar-refractivity contribution in [3.8, 4) is 5.88 Å². The number of carbonyl (C=O) groups is 1. The predicted molar refractivity (Wildman–Crippen MR) is 51.7 cm³/mol. The topological polar surface area (TPSA) is 77.2 Å². The lowest BCUT2D eigenvalue weighted by Crippen LogP contribution is -2.30. The lowest BCUT2D eigenvalue weighted by molar-refractivity contribution is 0.0952. The molecule has 1 heterocycles. The first kappa shape index (κ1) is 10.5. The third-order valence-electron chi connectivity index (χ3n) is 1.48. The van der Waals surface area contributed by atoms with Crippen LogP contribution in [0.5, 0.6) is 5.88 Å². The van der Waals surface area contributed by atoms with Gasteiger partial charge in [-0.15, -0.1) is 0 Å². The molecule has 1 rings (SSSR count). The summed E-state index contributed by atoms with van der Waals surface area (Å²) < 4.78 is 5.32. The standard InChI is InChI=1S/C9H13N3O2/c1-6(2)14-8-5-7(3-4-11-8)9(13)12-10/h3-6H,10H2,1-2H3,(H,12,13). The van der Waals surface area contributed by atoms with Gasteiger partial charge >= 0.3 is 0 Å². The molecule has 0 unspecified atom stereocenters. The highest BCUT2D eigenvalue weighted by Crippen LogP contribution is 2.10. The third kappa shape index (κ3) is 2.70. The van der Waals surface area contributed by atoms with Crippen LogP contribution in [-0.4, -0.2) is 17.0 Å². The monoisotopic (exact) mass is 195 g/mol. The number of carbonyl (C=O) groups excluding carboxylic acids is 1. The molecule has 1 amide bonds. The van der Waals surface area contributed by atoms with E-state index in [-0.39, 0.29) is 12.0 Å². The van der Waals surface area contributed by atoms with Gasteiger partial charge in [-0.1, -0.05) is 0 Å². The van der Waals surface area contributed by atoms with Crippen molar-refractivity contribution in [3.05, 3.63) is 23.9 Å². The van der Waals surface area contributed by atoms with Gasteiger partial charge in [0.2, 0.25) is 5.88 Å². The Labute approximate surface area is 82.2 Å². The second kappa shape index (κ2) is 4.57. The lowest BCUT2D eigenvalue weighted by Gasteiger charge is -2.08. The summed E-state index contributed by atoms with van der Waals surface area (Å²) in [6.07, 6.45) is 1.53. The molecule has 0 aliphatic heterocycles. The Hall–Kier alpha value is -1.62. The van der Waals surface area contributed by atoms with Gasteiger partial charge in [-0.05, 0) is 19.9 Å². The van der Waals surface area contributed by atoms with Crippen molar-refractivity contribution >= 4 is 5.91 Å². The Balaban J connectivity index is 2.84. The number of hydrogen-bond donors (Lipinski definition) is 2. The normalized spacial score (nSPS) is 10.0. The highest BCUT2D eigenvalue weighted by atomic mass is 16.5. The van der Waals surface area contributed by atoms with Gasteiger partial charge in [0.1, 0.15) is 0 Å². The first-order valence-corrected chi connectivity index (χ1v) is 4.27. The molecule has 76 valence electrons. The molecular weight excluding hydrogens is 182 g/mol. The number of aromatic nitrogens is 1. The molecule has 0 fully saturated rings.